The molecule has 7 rings (SSSR count). The third-order valence-corrected chi connectivity index (χ3v) is 8.01. The molecule has 164 valence electrons. The number of pyridine rings is 1. The zero-order chi connectivity index (χ0) is 21.7. The van der Waals surface area contributed by atoms with Gasteiger partial charge in [-0.25, -0.2) is 0 Å². The van der Waals surface area contributed by atoms with Gasteiger partial charge in [-0.2, -0.15) is 5.21 Å². The standard InChI is InChI=1S/C24H25ClN6O/c25-20-4-3-17(18-2-1-5-26-21(18)22-28-30-31-29-22)9-19(20)23(32)27-13-24-10-14-6-15(11-24)8-16(7-14)12-24/h1-5,9,14-16H,6-8,10-13H2,(H,27,32)(H,28,29,30,31). The predicted octanol–water partition coefficient (Wildman–Crippen LogP) is 4.53. The molecule has 8 heteroatoms. The number of nitrogens with one attached hydrogen (secondary N) is 2. The van der Waals surface area contributed by atoms with Crippen LogP contribution < -0.4 is 5.32 Å². The third-order valence-electron chi connectivity index (χ3n) is 7.68. The first-order valence-electron chi connectivity index (χ1n) is 11.4. The monoisotopic (exact) mass is 448 g/mol. The highest BCUT2D eigenvalue weighted by Crippen LogP contribution is 2.59. The Labute approximate surface area is 191 Å². The lowest BCUT2D eigenvalue weighted by molar-refractivity contribution is -0.0503. The minimum atomic E-state index is -0.113. The van der Waals surface area contributed by atoms with Crippen LogP contribution >= 0.6 is 11.6 Å². The first-order valence-corrected chi connectivity index (χ1v) is 11.7. The van der Waals surface area contributed by atoms with E-state index in [0.717, 1.165) is 35.4 Å². The van der Waals surface area contributed by atoms with Crippen molar-refractivity contribution in [3.63, 3.8) is 0 Å². The van der Waals surface area contributed by atoms with Crippen LogP contribution in [0.1, 0.15) is 48.9 Å². The van der Waals surface area contributed by atoms with Crippen LogP contribution in [0.5, 0.6) is 0 Å². The molecule has 0 unspecified atom stereocenters. The number of hydrogen-bond acceptors (Lipinski definition) is 5. The summed E-state index contributed by atoms with van der Waals surface area (Å²) in [7, 11) is 0. The average Bonchev–Trinajstić information content (AvgIpc) is 3.32. The fourth-order valence-electron chi connectivity index (χ4n) is 6.81. The fraction of sp³-hybridized carbons (Fsp3) is 0.458. The van der Waals surface area contributed by atoms with E-state index in [1.165, 1.54) is 38.5 Å². The highest BCUT2D eigenvalue weighted by molar-refractivity contribution is 6.34. The van der Waals surface area contributed by atoms with Crippen molar-refractivity contribution in [3.05, 3.63) is 47.1 Å². The zero-order valence-electron chi connectivity index (χ0n) is 17.7. The van der Waals surface area contributed by atoms with Crippen molar-refractivity contribution in [2.24, 2.45) is 23.2 Å². The summed E-state index contributed by atoms with van der Waals surface area (Å²) in [5, 5.41) is 17.9. The van der Waals surface area contributed by atoms with Crippen LogP contribution in [0.3, 0.4) is 0 Å². The summed E-state index contributed by atoms with van der Waals surface area (Å²) in [5.41, 5.74) is 3.02. The maximum atomic E-state index is 13.2. The molecule has 0 spiro atoms. The van der Waals surface area contributed by atoms with Gasteiger partial charge >= 0.3 is 0 Å². The molecule has 4 bridgehead atoms. The molecule has 0 radical (unpaired) electrons. The molecule has 2 N–H and O–H groups in total. The number of carbonyl (C=O) groups excluding carboxylic acids is 1. The molecule has 7 nitrogen and oxygen atoms in total. The number of hydrogen-bond donors (Lipinski definition) is 2. The Morgan fingerprint density at radius 1 is 1.12 bits per heavy atom. The number of rotatable bonds is 5. The predicted molar refractivity (Wildman–Crippen MR) is 121 cm³/mol. The highest BCUT2D eigenvalue weighted by atomic mass is 35.5. The van der Waals surface area contributed by atoms with Crippen molar-refractivity contribution in [1.29, 1.82) is 0 Å². The molecule has 4 aliphatic carbocycles. The second-order valence-corrected chi connectivity index (χ2v) is 10.3. The van der Waals surface area contributed by atoms with Gasteiger partial charge in [0.05, 0.1) is 10.6 Å². The largest absolute Gasteiger partial charge is 0.351 e. The molecule has 0 saturated heterocycles. The van der Waals surface area contributed by atoms with Crippen LogP contribution in [-0.2, 0) is 0 Å². The first-order chi connectivity index (χ1) is 15.6. The van der Waals surface area contributed by atoms with Crippen molar-refractivity contribution < 1.29 is 4.79 Å². The van der Waals surface area contributed by atoms with Crippen molar-refractivity contribution in [2.75, 3.05) is 6.54 Å². The van der Waals surface area contributed by atoms with Gasteiger partial charge in [0.25, 0.3) is 5.91 Å². The maximum Gasteiger partial charge on any atom is 0.252 e. The Balaban J connectivity index is 1.25. The molecular weight excluding hydrogens is 424 g/mol. The van der Waals surface area contributed by atoms with Crippen LogP contribution in [0.4, 0.5) is 0 Å². The van der Waals surface area contributed by atoms with E-state index in [0.29, 0.717) is 22.1 Å². The summed E-state index contributed by atoms with van der Waals surface area (Å²) >= 11 is 6.46. The van der Waals surface area contributed by atoms with E-state index < -0.39 is 0 Å². The van der Waals surface area contributed by atoms with Crippen molar-refractivity contribution in [2.45, 2.75) is 38.5 Å². The van der Waals surface area contributed by atoms with E-state index >= 15 is 0 Å². The molecule has 32 heavy (non-hydrogen) atoms. The van der Waals surface area contributed by atoms with Gasteiger partial charge in [-0.3, -0.25) is 9.78 Å². The van der Waals surface area contributed by atoms with E-state index in [-0.39, 0.29) is 11.3 Å². The normalized spacial score (nSPS) is 28.1. The third kappa shape index (κ3) is 3.48. The first kappa shape index (κ1) is 19.9. The molecule has 2 heterocycles. The fourth-order valence-corrected chi connectivity index (χ4v) is 7.02. The Kier molecular flexibility index (Phi) is 4.75. The van der Waals surface area contributed by atoms with Gasteiger partial charge < -0.3 is 5.32 Å². The number of H-pyrrole nitrogens is 1. The number of amides is 1. The van der Waals surface area contributed by atoms with Gasteiger partial charge in [-0.1, -0.05) is 23.7 Å². The number of aromatic nitrogens is 5. The number of aromatic amines is 1. The average molecular weight is 449 g/mol. The summed E-state index contributed by atoms with van der Waals surface area (Å²) < 4.78 is 0. The Hall–Kier alpha value is -2.80. The molecule has 0 aliphatic heterocycles. The summed E-state index contributed by atoms with van der Waals surface area (Å²) in [6.07, 6.45) is 9.66. The minimum absolute atomic E-state index is 0.113. The van der Waals surface area contributed by atoms with E-state index in [1.807, 2.05) is 24.3 Å². The molecule has 0 atom stereocenters. The maximum absolute atomic E-state index is 13.2. The summed E-state index contributed by atoms with van der Waals surface area (Å²) in [6, 6.07) is 9.26. The lowest BCUT2D eigenvalue weighted by atomic mass is 9.49. The van der Waals surface area contributed by atoms with E-state index in [4.69, 9.17) is 11.6 Å². The topological polar surface area (TPSA) is 96.5 Å². The number of benzene rings is 1. The highest BCUT2D eigenvalue weighted by Gasteiger charge is 2.50. The molecule has 2 aromatic heterocycles. The number of tetrazole rings is 1. The molecule has 4 saturated carbocycles. The van der Waals surface area contributed by atoms with E-state index in [2.05, 4.69) is 30.9 Å². The van der Waals surface area contributed by atoms with Crippen LogP contribution in [0, 0.1) is 23.2 Å². The molecular formula is C24H25ClN6O. The molecule has 1 amide bonds. The second-order valence-electron chi connectivity index (χ2n) is 9.93. The summed E-state index contributed by atoms with van der Waals surface area (Å²) in [6.45, 7) is 0.747. The quantitative estimate of drug-likeness (QED) is 0.597. The number of halogens is 1. The Bertz CT molecular complexity index is 1130. The van der Waals surface area contributed by atoms with Crippen LogP contribution in [-0.4, -0.2) is 38.1 Å². The lowest BCUT2D eigenvalue weighted by Gasteiger charge is -2.56. The molecule has 3 aromatic rings. The van der Waals surface area contributed by atoms with Gasteiger partial charge in [0.1, 0.15) is 5.69 Å². The summed E-state index contributed by atoms with van der Waals surface area (Å²) in [4.78, 5) is 17.6. The molecule has 1 aromatic carbocycles. The number of carbonyl (C=O) groups is 1. The van der Waals surface area contributed by atoms with Gasteiger partial charge in [-0.05, 0) is 90.7 Å². The van der Waals surface area contributed by atoms with Crippen molar-refractivity contribution >= 4 is 17.5 Å². The number of nitrogens with zero attached hydrogens (tertiary/aromatic N) is 4. The smallest absolute Gasteiger partial charge is 0.252 e. The van der Waals surface area contributed by atoms with Crippen LogP contribution in [0.25, 0.3) is 22.6 Å². The van der Waals surface area contributed by atoms with Gasteiger partial charge in [0, 0.05) is 18.3 Å². The van der Waals surface area contributed by atoms with Gasteiger partial charge in [0.2, 0.25) is 5.82 Å². The Morgan fingerprint density at radius 3 is 2.56 bits per heavy atom. The second kappa shape index (κ2) is 7.66. The lowest BCUT2D eigenvalue weighted by Crippen LogP contribution is -2.51. The molecule has 4 aliphatic rings. The van der Waals surface area contributed by atoms with Crippen LogP contribution in [0.15, 0.2) is 36.5 Å². The van der Waals surface area contributed by atoms with Crippen LogP contribution in [0.2, 0.25) is 5.02 Å². The van der Waals surface area contributed by atoms with E-state index in [9.17, 15) is 4.79 Å². The van der Waals surface area contributed by atoms with Crippen molar-refractivity contribution in [3.8, 4) is 22.6 Å². The zero-order valence-corrected chi connectivity index (χ0v) is 18.5. The SMILES string of the molecule is O=C(NCC12CC3CC(CC(C3)C1)C2)c1cc(-c2cccnc2-c2nn[nH]n2)ccc1Cl. The van der Waals surface area contributed by atoms with E-state index in [1.54, 1.807) is 12.3 Å². The molecule has 4 fully saturated rings. The van der Waals surface area contributed by atoms with Crippen molar-refractivity contribution in [1.82, 2.24) is 30.9 Å². The summed E-state index contributed by atoms with van der Waals surface area (Å²) in [5.74, 6) is 2.87. The van der Waals surface area contributed by atoms with Gasteiger partial charge in [-0.15, -0.1) is 10.2 Å². The minimum Gasteiger partial charge on any atom is -0.351 e. The Morgan fingerprint density at radius 2 is 1.88 bits per heavy atom. The van der Waals surface area contributed by atoms with Gasteiger partial charge in [0.15, 0.2) is 0 Å².